The van der Waals surface area contributed by atoms with Crippen molar-refractivity contribution in [2.45, 2.75) is 20.8 Å². The molecule has 0 saturated heterocycles. The van der Waals surface area contributed by atoms with Crippen LogP contribution in [0.1, 0.15) is 23.6 Å². The monoisotopic (exact) mass is 577 g/mol. The summed E-state index contributed by atoms with van der Waals surface area (Å²) in [7, 11) is 1.46. The number of ether oxygens (including phenoxy) is 3. The lowest BCUT2D eigenvalue weighted by Crippen LogP contribution is -2.21. The number of carbonyl (C=O) groups is 2. The summed E-state index contributed by atoms with van der Waals surface area (Å²) in [5, 5.41) is 15.1. The first-order chi connectivity index (χ1) is 18.2. The highest BCUT2D eigenvalue weighted by molar-refractivity contribution is 9.10. The first kappa shape index (κ1) is 28.3. The Kier molecular flexibility index (Phi) is 9.91. The SMILES string of the molecule is CCOc1ccc(NC(=O)/C(C#N)=C/c2cc(Br)c(OCC(=O)Nc3ccc(C)cc3C)c(OC)c2)cc1. The van der Waals surface area contributed by atoms with Gasteiger partial charge >= 0.3 is 0 Å². The van der Waals surface area contributed by atoms with Gasteiger partial charge in [0.25, 0.3) is 11.8 Å². The lowest BCUT2D eigenvalue weighted by molar-refractivity contribution is -0.118. The molecule has 0 radical (unpaired) electrons. The van der Waals surface area contributed by atoms with Gasteiger partial charge in [0, 0.05) is 11.4 Å². The largest absolute Gasteiger partial charge is 0.494 e. The van der Waals surface area contributed by atoms with Crippen molar-refractivity contribution in [2.75, 3.05) is 31.0 Å². The van der Waals surface area contributed by atoms with Gasteiger partial charge in [-0.1, -0.05) is 17.7 Å². The van der Waals surface area contributed by atoms with Gasteiger partial charge in [-0.3, -0.25) is 9.59 Å². The van der Waals surface area contributed by atoms with Gasteiger partial charge < -0.3 is 24.8 Å². The molecule has 0 saturated carbocycles. The van der Waals surface area contributed by atoms with Gasteiger partial charge in [-0.25, -0.2) is 0 Å². The zero-order valence-electron chi connectivity index (χ0n) is 21.6. The molecule has 3 aromatic rings. The molecule has 0 fully saturated rings. The Balaban J connectivity index is 1.71. The number of benzene rings is 3. The molecule has 0 aliphatic heterocycles. The maximum atomic E-state index is 12.7. The summed E-state index contributed by atoms with van der Waals surface area (Å²) in [5.41, 5.74) is 3.72. The highest BCUT2D eigenvalue weighted by Gasteiger charge is 2.16. The van der Waals surface area contributed by atoms with Gasteiger partial charge in [0.15, 0.2) is 18.1 Å². The van der Waals surface area contributed by atoms with Crippen molar-refractivity contribution in [3.8, 4) is 23.3 Å². The Labute approximate surface area is 230 Å². The van der Waals surface area contributed by atoms with Crippen molar-refractivity contribution < 1.29 is 23.8 Å². The lowest BCUT2D eigenvalue weighted by Gasteiger charge is -2.14. The van der Waals surface area contributed by atoms with E-state index in [0.717, 1.165) is 11.1 Å². The molecule has 0 aromatic heterocycles. The zero-order valence-corrected chi connectivity index (χ0v) is 23.1. The second kappa shape index (κ2) is 13.3. The molecule has 3 rings (SSSR count). The summed E-state index contributed by atoms with van der Waals surface area (Å²) in [6, 6.07) is 17.8. The molecule has 38 heavy (non-hydrogen) atoms. The average Bonchev–Trinajstić information content (AvgIpc) is 2.89. The topological polar surface area (TPSA) is 110 Å². The Morgan fingerprint density at radius 3 is 2.39 bits per heavy atom. The van der Waals surface area contributed by atoms with Crippen molar-refractivity contribution in [1.82, 2.24) is 0 Å². The molecule has 196 valence electrons. The van der Waals surface area contributed by atoms with Crippen LogP contribution in [0.15, 0.2) is 64.6 Å². The van der Waals surface area contributed by atoms with Crippen LogP contribution in [0.25, 0.3) is 6.08 Å². The van der Waals surface area contributed by atoms with Crippen LogP contribution in [-0.4, -0.2) is 32.1 Å². The Morgan fingerprint density at radius 1 is 1.03 bits per heavy atom. The van der Waals surface area contributed by atoms with E-state index >= 15 is 0 Å². The molecule has 0 bridgehead atoms. The summed E-state index contributed by atoms with van der Waals surface area (Å²) < 4.78 is 17.1. The molecule has 0 heterocycles. The van der Waals surface area contributed by atoms with Crippen LogP contribution in [0.2, 0.25) is 0 Å². The number of methoxy groups -OCH3 is 1. The molecular formula is C29H28BrN3O5. The molecule has 0 aliphatic rings. The third kappa shape index (κ3) is 7.60. The molecule has 0 spiro atoms. The molecule has 0 aliphatic carbocycles. The minimum atomic E-state index is -0.560. The van der Waals surface area contributed by atoms with Crippen LogP contribution < -0.4 is 24.8 Å². The fraction of sp³-hybridized carbons (Fsp3) is 0.207. The third-order valence-electron chi connectivity index (χ3n) is 5.35. The number of anilines is 2. The van der Waals surface area contributed by atoms with Crippen molar-refractivity contribution in [3.05, 3.63) is 81.3 Å². The highest BCUT2D eigenvalue weighted by atomic mass is 79.9. The number of nitrogens with zero attached hydrogens (tertiary/aromatic N) is 1. The van der Waals surface area contributed by atoms with E-state index in [4.69, 9.17) is 14.2 Å². The number of nitrogens with one attached hydrogen (secondary N) is 2. The van der Waals surface area contributed by atoms with Crippen molar-refractivity contribution >= 4 is 45.2 Å². The highest BCUT2D eigenvalue weighted by Crippen LogP contribution is 2.37. The number of amides is 2. The number of hydrogen-bond donors (Lipinski definition) is 2. The second-order valence-electron chi connectivity index (χ2n) is 8.27. The van der Waals surface area contributed by atoms with E-state index in [2.05, 4.69) is 26.6 Å². The summed E-state index contributed by atoms with van der Waals surface area (Å²) in [6.07, 6.45) is 1.44. The number of aryl methyl sites for hydroxylation is 2. The van der Waals surface area contributed by atoms with Crippen molar-refractivity contribution in [1.29, 1.82) is 5.26 Å². The predicted molar refractivity (Wildman–Crippen MR) is 151 cm³/mol. The Bertz CT molecular complexity index is 1390. The van der Waals surface area contributed by atoms with E-state index in [1.165, 1.54) is 13.2 Å². The van der Waals surface area contributed by atoms with E-state index in [1.807, 2.05) is 45.0 Å². The quantitative estimate of drug-likeness (QED) is 0.224. The molecule has 8 nitrogen and oxygen atoms in total. The molecule has 2 amide bonds. The molecular weight excluding hydrogens is 550 g/mol. The van der Waals surface area contributed by atoms with Gasteiger partial charge in [-0.2, -0.15) is 5.26 Å². The molecule has 9 heteroatoms. The molecule has 2 N–H and O–H groups in total. The maximum absolute atomic E-state index is 12.7. The number of halogens is 1. The first-order valence-corrected chi connectivity index (χ1v) is 12.6. The summed E-state index contributed by atoms with van der Waals surface area (Å²) >= 11 is 3.44. The van der Waals surface area contributed by atoms with Crippen molar-refractivity contribution in [2.24, 2.45) is 0 Å². The van der Waals surface area contributed by atoms with Gasteiger partial charge in [0.1, 0.15) is 17.4 Å². The fourth-order valence-electron chi connectivity index (χ4n) is 3.56. The second-order valence-corrected chi connectivity index (χ2v) is 9.13. The standard InChI is InChI=1S/C29H28BrN3O5/c1-5-37-23-9-7-22(8-10-23)32-29(35)21(16-31)13-20-14-24(30)28(26(15-20)36-4)38-17-27(34)33-25-11-6-18(2)12-19(25)3/h6-15H,5,17H2,1-4H3,(H,32,35)(H,33,34)/b21-13+. The molecule has 3 aromatic carbocycles. The Morgan fingerprint density at radius 2 is 1.76 bits per heavy atom. The number of carbonyl (C=O) groups excluding carboxylic acids is 2. The normalized spacial score (nSPS) is 10.8. The van der Waals surface area contributed by atoms with Gasteiger partial charge in [-0.15, -0.1) is 0 Å². The number of rotatable bonds is 10. The van der Waals surface area contributed by atoms with Crippen LogP contribution in [0, 0.1) is 25.2 Å². The van der Waals surface area contributed by atoms with Gasteiger partial charge in [-0.05, 0) is 96.4 Å². The predicted octanol–water partition coefficient (Wildman–Crippen LogP) is 6.04. The maximum Gasteiger partial charge on any atom is 0.266 e. The van der Waals surface area contributed by atoms with E-state index < -0.39 is 5.91 Å². The smallest absolute Gasteiger partial charge is 0.266 e. The summed E-state index contributed by atoms with van der Waals surface area (Å²) in [4.78, 5) is 25.2. The minimum Gasteiger partial charge on any atom is -0.494 e. The average molecular weight is 578 g/mol. The van der Waals surface area contributed by atoms with Crippen LogP contribution in [0.3, 0.4) is 0 Å². The van der Waals surface area contributed by atoms with E-state index in [-0.39, 0.29) is 18.1 Å². The summed E-state index contributed by atoms with van der Waals surface area (Å²) in [6.45, 7) is 6.08. The van der Waals surface area contributed by atoms with Gasteiger partial charge in [0.2, 0.25) is 0 Å². The van der Waals surface area contributed by atoms with Crippen molar-refractivity contribution in [3.63, 3.8) is 0 Å². The first-order valence-electron chi connectivity index (χ1n) is 11.8. The summed E-state index contributed by atoms with van der Waals surface area (Å²) in [5.74, 6) is 0.443. The fourth-order valence-corrected chi connectivity index (χ4v) is 4.13. The zero-order chi connectivity index (χ0) is 27.7. The number of nitriles is 1. The number of hydrogen-bond acceptors (Lipinski definition) is 6. The lowest BCUT2D eigenvalue weighted by atomic mass is 10.1. The van der Waals surface area contributed by atoms with Crippen LogP contribution >= 0.6 is 15.9 Å². The molecule has 0 atom stereocenters. The Hall–Kier alpha value is -4.29. The van der Waals surface area contributed by atoms with Crippen LogP contribution in [0.4, 0.5) is 11.4 Å². The van der Waals surface area contributed by atoms with E-state index in [1.54, 1.807) is 36.4 Å². The van der Waals surface area contributed by atoms with Gasteiger partial charge in [0.05, 0.1) is 18.2 Å². The van der Waals surface area contributed by atoms with E-state index in [0.29, 0.717) is 45.3 Å². The van der Waals surface area contributed by atoms with E-state index in [9.17, 15) is 14.9 Å². The van der Waals surface area contributed by atoms with Crippen LogP contribution in [-0.2, 0) is 9.59 Å². The minimum absolute atomic E-state index is 0.102. The van der Waals surface area contributed by atoms with Crippen LogP contribution in [0.5, 0.6) is 17.2 Å². The molecule has 0 unspecified atom stereocenters. The third-order valence-corrected chi connectivity index (χ3v) is 5.94.